The fourth-order valence-electron chi connectivity index (χ4n) is 5.55. The molecule has 3 heteroatoms. The second-order valence-corrected chi connectivity index (χ2v) is 10.0. The quantitative estimate of drug-likeness (QED) is 0.501. The number of rotatable bonds is 5. The molecule has 2 heterocycles. The molecule has 170 valence electrons. The molecule has 1 amide bonds. The van der Waals surface area contributed by atoms with Gasteiger partial charge in [0.15, 0.2) is 0 Å². The van der Waals surface area contributed by atoms with Crippen LogP contribution in [0.1, 0.15) is 47.1 Å². The molecule has 0 unspecified atom stereocenters. The maximum atomic E-state index is 13.3. The van der Waals surface area contributed by atoms with Crippen LogP contribution in [-0.2, 0) is 23.2 Å². The lowest BCUT2D eigenvalue weighted by Crippen LogP contribution is -2.45. The summed E-state index contributed by atoms with van der Waals surface area (Å²) in [5.74, 6) is 0.253. The van der Waals surface area contributed by atoms with E-state index in [1.165, 1.54) is 27.8 Å². The first kappa shape index (κ1) is 21.9. The predicted molar refractivity (Wildman–Crippen MR) is 136 cm³/mol. The summed E-state index contributed by atoms with van der Waals surface area (Å²) in [5, 5.41) is 0. The van der Waals surface area contributed by atoms with Crippen LogP contribution in [0.3, 0.4) is 0 Å². The largest absolute Gasteiger partial charge is 0.311 e. The zero-order chi connectivity index (χ0) is 22.8. The minimum absolute atomic E-state index is 0.0908. The maximum Gasteiger partial charge on any atom is 0.227 e. The van der Waals surface area contributed by atoms with E-state index in [2.05, 4.69) is 78.2 Å². The van der Waals surface area contributed by atoms with Crippen LogP contribution in [0.5, 0.6) is 0 Å². The number of amides is 1. The van der Waals surface area contributed by atoms with Crippen molar-refractivity contribution in [1.29, 1.82) is 0 Å². The van der Waals surface area contributed by atoms with E-state index in [1.54, 1.807) is 0 Å². The summed E-state index contributed by atoms with van der Waals surface area (Å²) in [6.07, 6.45) is 3.58. The molecule has 5 rings (SSSR count). The van der Waals surface area contributed by atoms with Crippen LogP contribution in [-0.4, -0.2) is 30.4 Å². The number of carbonyl (C=O) groups excluding carboxylic acids is 1. The van der Waals surface area contributed by atoms with E-state index in [1.807, 2.05) is 18.2 Å². The molecule has 1 saturated heterocycles. The van der Waals surface area contributed by atoms with Crippen molar-refractivity contribution in [3.8, 4) is 0 Å². The number of benzene rings is 3. The van der Waals surface area contributed by atoms with Gasteiger partial charge < -0.3 is 4.90 Å². The Morgan fingerprint density at radius 3 is 2.27 bits per heavy atom. The summed E-state index contributed by atoms with van der Waals surface area (Å²) < 4.78 is 0. The van der Waals surface area contributed by atoms with Crippen LogP contribution in [0.15, 0.2) is 72.8 Å². The van der Waals surface area contributed by atoms with E-state index in [4.69, 9.17) is 0 Å². The smallest absolute Gasteiger partial charge is 0.227 e. The van der Waals surface area contributed by atoms with Crippen molar-refractivity contribution < 1.29 is 4.79 Å². The third-order valence-corrected chi connectivity index (χ3v) is 7.59. The molecule has 2 aliphatic rings. The monoisotopic (exact) mass is 438 g/mol. The van der Waals surface area contributed by atoms with E-state index in [0.29, 0.717) is 6.42 Å². The Kier molecular flexibility index (Phi) is 6.07. The number of hydrogen-bond donors (Lipinski definition) is 0. The van der Waals surface area contributed by atoms with Gasteiger partial charge in [0.2, 0.25) is 5.91 Å². The zero-order valence-corrected chi connectivity index (χ0v) is 19.9. The fourth-order valence-corrected chi connectivity index (χ4v) is 5.55. The fraction of sp³-hybridized carbons (Fsp3) is 0.367. The molecule has 0 N–H and O–H groups in total. The van der Waals surface area contributed by atoms with Gasteiger partial charge in [-0.15, -0.1) is 0 Å². The summed E-state index contributed by atoms with van der Waals surface area (Å²) in [4.78, 5) is 18.0. The molecule has 33 heavy (non-hydrogen) atoms. The van der Waals surface area contributed by atoms with Crippen LogP contribution in [0, 0.1) is 13.8 Å². The lowest BCUT2D eigenvalue weighted by atomic mass is 9.74. The number of aryl methyl sites for hydroxylation is 3. The zero-order valence-electron chi connectivity index (χ0n) is 19.9. The molecule has 1 spiro atoms. The highest BCUT2D eigenvalue weighted by Crippen LogP contribution is 2.47. The molecule has 1 fully saturated rings. The van der Waals surface area contributed by atoms with E-state index in [-0.39, 0.29) is 11.3 Å². The Balaban J connectivity index is 1.30. The Bertz CT molecular complexity index is 1110. The van der Waals surface area contributed by atoms with Gasteiger partial charge in [0, 0.05) is 30.6 Å². The maximum absolute atomic E-state index is 13.3. The Labute approximate surface area is 198 Å². The summed E-state index contributed by atoms with van der Waals surface area (Å²) in [6.45, 7) is 8.30. The van der Waals surface area contributed by atoms with Gasteiger partial charge >= 0.3 is 0 Å². The summed E-state index contributed by atoms with van der Waals surface area (Å²) in [7, 11) is 0. The molecule has 0 aromatic heterocycles. The molecule has 0 bridgehead atoms. The highest BCUT2D eigenvalue weighted by Gasteiger charge is 2.46. The predicted octanol–water partition coefficient (Wildman–Crippen LogP) is 5.82. The van der Waals surface area contributed by atoms with Crippen molar-refractivity contribution in [2.24, 2.45) is 0 Å². The molecule has 3 nitrogen and oxygen atoms in total. The number of nitrogens with zero attached hydrogens (tertiary/aromatic N) is 2. The molecule has 3 aromatic rings. The van der Waals surface area contributed by atoms with Crippen LogP contribution in [0.4, 0.5) is 5.69 Å². The molecular formula is C30H34N2O. The minimum Gasteiger partial charge on any atom is -0.311 e. The van der Waals surface area contributed by atoms with Crippen molar-refractivity contribution in [2.75, 3.05) is 24.5 Å². The first-order valence-electron chi connectivity index (χ1n) is 12.3. The number of anilines is 1. The van der Waals surface area contributed by atoms with E-state index in [9.17, 15) is 4.79 Å². The molecular weight excluding hydrogens is 404 g/mol. The average molecular weight is 439 g/mol. The van der Waals surface area contributed by atoms with Gasteiger partial charge in [0.1, 0.15) is 0 Å². The van der Waals surface area contributed by atoms with Crippen LogP contribution < -0.4 is 4.90 Å². The van der Waals surface area contributed by atoms with Crippen LogP contribution >= 0.6 is 0 Å². The third-order valence-electron chi connectivity index (χ3n) is 7.59. The number of carbonyl (C=O) groups is 1. The van der Waals surface area contributed by atoms with Crippen LogP contribution in [0.25, 0.3) is 0 Å². The molecule has 0 saturated carbocycles. The average Bonchev–Trinajstić information content (AvgIpc) is 3.14. The lowest BCUT2D eigenvalue weighted by molar-refractivity contribution is -0.118. The molecule has 2 aliphatic heterocycles. The second kappa shape index (κ2) is 9.15. The first-order valence-corrected chi connectivity index (χ1v) is 12.3. The van der Waals surface area contributed by atoms with E-state index >= 15 is 0 Å². The normalized spacial score (nSPS) is 17.3. The van der Waals surface area contributed by atoms with Gasteiger partial charge in [0.05, 0.1) is 0 Å². The van der Waals surface area contributed by atoms with E-state index in [0.717, 1.165) is 51.1 Å². The van der Waals surface area contributed by atoms with Gasteiger partial charge in [0.25, 0.3) is 0 Å². The molecule has 0 atom stereocenters. The Morgan fingerprint density at radius 1 is 0.848 bits per heavy atom. The number of fused-ring (bicyclic) bond motifs is 2. The molecule has 0 aliphatic carbocycles. The number of piperidine rings is 1. The van der Waals surface area contributed by atoms with Gasteiger partial charge in [-0.3, -0.25) is 9.69 Å². The topological polar surface area (TPSA) is 23.6 Å². The van der Waals surface area contributed by atoms with Gasteiger partial charge in [-0.25, -0.2) is 0 Å². The number of hydrogen-bond acceptors (Lipinski definition) is 2. The van der Waals surface area contributed by atoms with Crippen molar-refractivity contribution >= 4 is 11.6 Å². The van der Waals surface area contributed by atoms with Crippen LogP contribution in [0.2, 0.25) is 0 Å². The molecule has 3 aromatic carbocycles. The third kappa shape index (κ3) is 4.60. The van der Waals surface area contributed by atoms with Crippen molar-refractivity contribution in [3.05, 3.63) is 101 Å². The Hall–Kier alpha value is -2.91. The minimum atomic E-state index is 0.0908. The summed E-state index contributed by atoms with van der Waals surface area (Å²) >= 11 is 0. The lowest BCUT2D eigenvalue weighted by Gasteiger charge is -2.40. The van der Waals surface area contributed by atoms with Crippen molar-refractivity contribution in [3.63, 3.8) is 0 Å². The highest BCUT2D eigenvalue weighted by molar-refractivity contribution is 5.96. The van der Waals surface area contributed by atoms with Crippen molar-refractivity contribution in [1.82, 2.24) is 4.90 Å². The first-order chi connectivity index (χ1) is 16.0. The summed E-state index contributed by atoms with van der Waals surface area (Å²) in [6, 6.07) is 25.9. The van der Waals surface area contributed by atoms with Gasteiger partial charge in [-0.05, 0) is 69.0 Å². The van der Waals surface area contributed by atoms with E-state index < -0.39 is 0 Å². The number of likely N-dealkylation sites (tertiary alicyclic amines) is 1. The SMILES string of the molecule is Cc1ccc(CN2CCC3(CC2)CN(C(=O)CCc2ccccc2)c2ccc(C)cc23)cc1. The van der Waals surface area contributed by atoms with Gasteiger partial charge in [-0.2, -0.15) is 0 Å². The second-order valence-electron chi connectivity index (χ2n) is 10.0. The van der Waals surface area contributed by atoms with Gasteiger partial charge in [-0.1, -0.05) is 77.9 Å². The van der Waals surface area contributed by atoms with Crippen molar-refractivity contribution in [2.45, 2.75) is 51.5 Å². The molecule has 0 radical (unpaired) electrons. The highest BCUT2D eigenvalue weighted by atomic mass is 16.2. The standard InChI is InChI=1S/C30H34N2O/c1-23-8-11-26(12-9-23)21-31-18-16-30(17-19-31)22-32(28-14-10-24(2)20-27(28)30)29(33)15-13-25-6-4-3-5-7-25/h3-12,14,20H,13,15-19,21-22H2,1-2H3. The Morgan fingerprint density at radius 2 is 1.55 bits per heavy atom. The summed E-state index contributed by atoms with van der Waals surface area (Å²) in [5.41, 5.74) is 7.84.